The van der Waals surface area contributed by atoms with Gasteiger partial charge in [0.2, 0.25) is 5.78 Å². The maximum Gasteiger partial charge on any atom is 0.219 e. The quantitative estimate of drug-likeness (QED) is 0.742. The van der Waals surface area contributed by atoms with E-state index < -0.39 is 0 Å². The van der Waals surface area contributed by atoms with Crippen LogP contribution < -0.4 is 0 Å². The molecule has 0 amide bonds. The van der Waals surface area contributed by atoms with Gasteiger partial charge in [-0.25, -0.2) is 0 Å². The Labute approximate surface area is 102 Å². The molecule has 17 heavy (non-hydrogen) atoms. The number of hydrogen-bond acceptors (Lipinski definition) is 2. The Balaban J connectivity index is 2.21. The smallest absolute Gasteiger partial charge is 0.219 e. The van der Waals surface area contributed by atoms with E-state index in [9.17, 15) is 4.79 Å². The Morgan fingerprint density at radius 2 is 2.12 bits per heavy atom. The van der Waals surface area contributed by atoms with Crippen molar-refractivity contribution < 1.29 is 9.53 Å². The van der Waals surface area contributed by atoms with Crippen molar-refractivity contribution in [3.05, 3.63) is 59.9 Å². The van der Waals surface area contributed by atoms with E-state index >= 15 is 0 Å². The van der Waals surface area contributed by atoms with Crippen molar-refractivity contribution in [1.82, 2.24) is 0 Å². The fourth-order valence-corrected chi connectivity index (χ4v) is 1.96. The third-order valence-electron chi connectivity index (χ3n) is 2.83. The van der Waals surface area contributed by atoms with Crippen LogP contribution in [0.3, 0.4) is 0 Å². The molecule has 1 aliphatic heterocycles. The van der Waals surface area contributed by atoms with Crippen molar-refractivity contribution in [2.45, 2.75) is 19.3 Å². The minimum absolute atomic E-state index is 0.0480. The van der Waals surface area contributed by atoms with Gasteiger partial charge in [0.15, 0.2) is 5.76 Å². The van der Waals surface area contributed by atoms with Gasteiger partial charge in [0.25, 0.3) is 0 Å². The zero-order valence-electron chi connectivity index (χ0n) is 9.93. The van der Waals surface area contributed by atoms with Crippen LogP contribution in [0.4, 0.5) is 0 Å². The third kappa shape index (κ3) is 2.84. The normalized spacial score (nSPS) is 19.8. The molecular formula is C15H16O2. The molecule has 0 N–H and O–H groups in total. The predicted molar refractivity (Wildman–Crippen MR) is 67.7 cm³/mol. The lowest BCUT2D eigenvalue weighted by atomic mass is 9.93. The summed E-state index contributed by atoms with van der Waals surface area (Å²) in [7, 11) is 0. The van der Waals surface area contributed by atoms with Gasteiger partial charge in [-0.3, -0.25) is 4.79 Å². The molecule has 0 spiro atoms. The van der Waals surface area contributed by atoms with E-state index in [4.69, 9.17) is 4.74 Å². The SMILES string of the molecule is C/C=C/C(=O)C1=CC(c2ccccc2)CCO1. The Bertz CT molecular complexity index is 443. The molecule has 2 heteroatoms. The van der Waals surface area contributed by atoms with Gasteiger partial charge >= 0.3 is 0 Å². The number of carbonyl (C=O) groups excluding carboxylic acids is 1. The van der Waals surface area contributed by atoms with Gasteiger partial charge in [-0.15, -0.1) is 0 Å². The van der Waals surface area contributed by atoms with Crippen LogP contribution in [0.5, 0.6) is 0 Å². The van der Waals surface area contributed by atoms with Crippen molar-refractivity contribution in [2.24, 2.45) is 0 Å². The van der Waals surface area contributed by atoms with Gasteiger partial charge in [-0.05, 0) is 31.1 Å². The predicted octanol–water partition coefficient (Wildman–Crippen LogP) is 3.22. The number of allylic oxidation sites excluding steroid dienone is 3. The lowest BCUT2D eigenvalue weighted by Gasteiger charge is -2.21. The number of carbonyl (C=O) groups is 1. The largest absolute Gasteiger partial charge is 0.490 e. The van der Waals surface area contributed by atoms with Crippen LogP contribution in [-0.4, -0.2) is 12.4 Å². The van der Waals surface area contributed by atoms with Crippen LogP contribution in [0, 0.1) is 0 Å². The molecule has 0 bridgehead atoms. The van der Waals surface area contributed by atoms with Crippen molar-refractivity contribution in [3.8, 4) is 0 Å². The number of ether oxygens (including phenoxy) is 1. The van der Waals surface area contributed by atoms with Gasteiger partial charge in [-0.2, -0.15) is 0 Å². The lowest BCUT2D eigenvalue weighted by molar-refractivity contribution is -0.114. The molecule has 0 aromatic heterocycles. The standard InChI is InChI=1S/C15H16O2/c1-2-6-14(16)15-11-13(9-10-17-15)12-7-4-3-5-8-12/h2-8,11,13H,9-10H2,1H3/b6-2+. The van der Waals surface area contributed by atoms with Crippen LogP contribution in [0.1, 0.15) is 24.8 Å². The summed E-state index contributed by atoms with van der Waals surface area (Å²) < 4.78 is 5.40. The Morgan fingerprint density at radius 3 is 2.82 bits per heavy atom. The highest BCUT2D eigenvalue weighted by Gasteiger charge is 2.19. The summed E-state index contributed by atoms with van der Waals surface area (Å²) in [5.74, 6) is 0.713. The number of ketones is 1. The maximum absolute atomic E-state index is 11.7. The van der Waals surface area contributed by atoms with Crippen LogP contribution in [0.2, 0.25) is 0 Å². The first-order valence-corrected chi connectivity index (χ1v) is 5.88. The third-order valence-corrected chi connectivity index (χ3v) is 2.83. The van der Waals surface area contributed by atoms with Gasteiger partial charge in [0.05, 0.1) is 6.61 Å². The molecule has 0 radical (unpaired) electrons. The fourth-order valence-electron chi connectivity index (χ4n) is 1.96. The second-order valence-corrected chi connectivity index (χ2v) is 4.05. The highest BCUT2D eigenvalue weighted by molar-refractivity contribution is 6.02. The average Bonchev–Trinajstić information content (AvgIpc) is 2.40. The minimum atomic E-state index is -0.0480. The summed E-state index contributed by atoms with van der Waals surface area (Å²) in [6.07, 6.45) is 6.13. The summed E-state index contributed by atoms with van der Waals surface area (Å²) in [5.41, 5.74) is 1.24. The first-order chi connectivity index (χ1) is 8.31. The van der Waals surface area contributed by atoms with E-state index in [1.54, 1.807) is 12.2 Å². The monoisotopic (exact) mass is 228 g/mol. The average molecular weight is 228 g/mol. The molecule has 1 aromatic carbocycles. The van der Waals surface area contributed by atoms with Crippen LogP contribution in [-0.2, 0) is 9.53 Å². The van der Waals surface area contributed by atoms with E-state index in [-0.39, 0.29) is 11.7 Å². The summed E-state index contributed by atoms with van der Waals surface area (Å²) in [6.45, 7) is 2.44. The number of rotatable bonds is 3. The number of hydrogen-bond donors (Lipinski definition) is 0. The van der Waals surface area contributed by atoms with E-state index in [1.165, 1.54) is 5.56 Å². The van der Waals surface area contributed by atoms with Crippen LogP contribution >= 0.6 is 0 Å². The van der Waals surface area contributed by atoms with Crippen LogP contribution in [0.15, 0.2) is 54.3 Å². The molecule has 1 unspecified atom stereocenters. The first kappa shape index (κ1) is 11.6. The molecule has 2 nitrogen and oxygen atoms in total. The summed E-state index contributed by atoms with van der Waals surface area (Å²) >= 11 is 0. The molecule has 88 valence electrons. The summed E-state index contributed by atoms with van der Waals surface area (Å²) in [4.78, 5) is 11.7. The fraction of sp³-hybridized carbons (Fsp3) is 0.267. The molecule has 1 aliphatic rings. The zero-order chi connectivity index (χ0) is 12.1. The van der Waals surface area contributed by atoms with E-state index in [0.29, 0.717) is 12.4 Å². The van der Waals surface area contributed by atoms with E-state index in [1.807, 2.05) is 31.2 Å². The molecule has 1 heterocycles. The van der Waals surface area contributed by atoms with Crippen molar-refractivity contribution in [3.63, 3.8) is 0 Å². The lowest BCUT2D eigenvalue weighted by Crippen LogP contribution is -2.14. The molecule has 0 saturated carbocycles. The second-order valence-electron chi connectivity index (χ2n) is 4.05. The highest BCUT2D eigenvalue weighted by Crippen LogP contribution is 2.27. The Hall–Kier alpha value is -1.83. The topological polar surface area (TPSA) is 26.3 Å². The molecule has 1 atom stereocenters. The van der Waals surface area contributed by atoms with E-state index in [0.717, 1.165) is 6.42 Å². The summed E-state index contributed by atoms with van der Waals surface area (Å²) in [5, 5.41) is 0. The van der Waals surface area contributed by atoms with Gasteiger partial charge in [0.1, 0.15) is 0 Å². The molecule has 2 rings (SSSR count). The van der Waals surface area contributed by atoms with Gasteiger partial charge in [-0.1, -0.05) is 36.4 Å². The molecule has 0 aliphatic carbocycles. The molecular weight excluding hydrogens is 212 g/mol. The molecule has 0 saturated heterocycles. The summed E-state index contributed by atoms with van der Waals surface area (Å²) in [6, 6.07) is 10.2. The van der Waals surface area contributed by atoms with Crippen molar-refractivity contribution in [2.75, 3.05) is 6.61 Å². The van der Waals surface area contributed by atoms with Crippen molar-refractivity contribution in [1.29, 1.82) is 0 Å². The Morgan fingerprint density at radius 1 is 1.35 bits per heavy atom. The van der Waals surface area contributed by atoms with Gasteiger partial charge in [0, 0.05) is 5.92 Å². The zero-order valence-corrected chi connectivity index (χ0v) is 9.93. The minimum Gasteiger partial charge on any atom is -0.490 e. The van der Waals surface area contributed by atoms with E-state index in [2.05, 4.69) is 12.1 Å². The highest BCUT2D eigenvalue weighted by atomic mass is 16.5. The number of benzene rings is 1. The Kier molecular flexibility index (Phi) is 3.76. The maximum atomic E-state index is 11.7. The second kappa shape index (κ2) is 5.48. The first-order valence-electron chi connectivity index (χ1n) is 5.88. The van der Waals surface area contributed by atoms with Gasteiger partial charge < -0.3 is 4.74 Å². The van der Waals surface area contributed by atoms with Crippen LogP contribution in [0.25, 0.3) is 0 Å². The molecule has 0 fully saturated rings. The molecule has 1 aromatic rings. The van der Waals surface area contributed by atoms with Crippen molar-refractivity contribution >= 4 is 5.78 Å².